The van der Waals surface area contributed by atoms with Crippen LogP contribution >= 0.6 is 11.6 Å². The van der Waals surface area contributed by atoms with Crippen molar-refractivity contribution in [1.82, 2.24) is 10.3 Å². The number of H-pyrrole nitrogens is 1. The summed E-state index contributed by atoms with van der Waals surface area (Å²) in [5.41, 5.74) is 6.02. The molecule has 3 aromatic carbocycles. The van der Waals surface area contributed by atoms with Crippen LogP contribution in [0.1, 0.15) is 45.6 Å². The fourth-order valence-corrected chi connectivity index (χ4v) is 4.44. The summed E-state index contributed by atoms with van der Waals surface area (Å²) >= 11 is 6.45. The van der Waals surface area contributed by atoms with E-state index in [9.17, 15) is 4.79 Å². The highest BCUT2D eigenvalue weighted by Gasteiger charge is 2.26. The van der Waals surface area contributed by atoms with Crippen LogP contribution in [-0.2, 0) is 6.42 Å². The first-order chi connectivity index (χ1) is 14.9. The van der Waals surface area contributed by atoms with E-state index in [-0.39, 0.29) is 11.8 Å². The summed E-state index contributed by atoms with van der Waals surface area (Å²) in [5.74, 6) is 0.0601. The molecule has 1 heterocycles. The number of hydrogen-bond donors (Lipinski definition) is 2. The molecule has 0 unspecified atom stereocenters. The van der Waals surface area contributed by atoms with Crippen molar-refractivity contribution in [3.8, 4) is 0 Å². The molecule has 0 saturated heterocycles. The molecule has 0 aliphatic rings. The van der Waals surface area contributed by atoms with Gasteiger partial charge in [-0.15, -0.1) is 0 Å². The summed E-state index contributed by atoms with van der Waals surface area (Å²) in [6.07, 6.45) is 2.57. The van der Waals surface area contributed by atoms with Crippen molar-refractivity contribution in [3.05, 3.63) is 106 Å². The first kappa shape index (κ1) is 21.4. The number of ketones is 1. The fraction of sp³-hybridized carbons (Fsp3) is 0.222. The molecule has 4 aromatic rings. The Hall–Kier alpha value is -2.88. The number of halogens is 1. The summed E-state index contributed by atoms with van der Waals surface area (Å²) in [6, 6.07) is 21.7. The molecule has 158 valence electrons. The highest BCUT2D eigenvalue weighted by Crippen LogP contribution is 2.27. The van der Waals surface area contributed by atoms with Crippen LogP contribution in [-0.4, -0.2) is 16.8 Å². The molecule has 2 atom stereocenters. The fourth-order valence-electron chi connectivity index (χ4n) is 4.13. The molecule has 3 nitrogen and oxygen atoms in total. The summed E-state index contributed by atoms with van der Waals surface area (Å²) in [5, 5.41) is 5.30. The molecule has 0 spiro atoms. The first-order valence-corrected chi connectivity index (χ1v) is 11.0. The molecule has 0 fully saturated rings. The highest BCUT2D eigenvalue weighted by atomic mass is 35.5. The van der Waals surface area contributed by atoms with Gasteiger partial charge in [-0.3, -0.25) is 4.79 Å². The quantitative estimate of drug-likeness (QED) is 0.325. The van der Waals surface area contributed by atoms with E-state index in [1.807, 2.05) is 74.6 Å². The number of carbonyl (C=O) groups is 1. The van der Waals surface area contributed by atoms with Crippen molar-refractivity contribution in [2.75, 3.05) is 0 Å². The van der Waals surface area contributed by atoms with E-state index in [2.05, 4.69) is 29.4 Å². The van der Waals surface area contributed by atoms with Gasteiger partial charge in [0.05, 0.1) is 6.04 Å². The maximum Gasteiger partial charge on any atom is 0.186 e. The lowest BCUT2D eigenvalue weighted by molar-refractivity contribution is 0.0938. The van der Waals surface area contributed by atoms with E-state index >= 15 is 0 Å². The Labute approximate surface area is 188 Å². The number of rotatable bonds is 7. The first-order valence-electron chi connectivity index (χ1n) is 10.6. The lowest BCUT2D eigenvalue weighted by atomic mass is 9.95. The van der Waals surface area contributed by atoms with Crippen molar-refractivity contribution < 1.29 is 4.79 Å². The third-order valence-electron chi connectivity index (χ3n) is 5.77. The minimum Gasteiger partial charge on any atom is -0.360 e. The molecule has 31 heavy (non-hydrogen) atoms. The molecular formula is C27H27ClN2O. The molecule has 0 aliphatic heterocycles. The molecule has 0 amide bonds. The number of aryl methyl sites for hydroxylation is 2. The van der Waals surface area contributed by atoms with Gasteiger partial charge in [-0.1, -0.05) is 72.3 Å². The smallest absolute Gasteiger partial charge is 0.186 e. The number of aromatic amines is 1. The Morgan fingerprint density at radius 3 is 2.55 bits per heavy atom. The van der Waals surface area contributed by atoms with Gasteiger partial charge in [0.25, 0.3) is 0 Å². The van der Waals surface area contributed by atoms with Crippen LogP contribution in [0.15, 0.2) is 72.9 Å². The largest absolute Gasteiger partial charge is 0.360 e. The van der Waals surface area contributed by atoms with E-state index < -0.39 is 6.04 Å². The molecule has 4 heteroatoms. The lowest BCUT2D eigenvalue weighted by Gasteiger charge is -2.23. The van der Waals surface area contributed by atoms with Gasteiger partial charge in [0.15, 0.2) is 5.78 Å². The molecule has 2 N–H and O–H groups in total. The van der Waals surface area contributed by atoms with Crippen LogP contribution < -0.4 is 5.32 Å². The van der Waals surface area contributed by atoms with Crippen molar-refractivity contribution in [2.45, 2.75) is 39.3 Å². The third-order valence-corrected chi connectivity index (χ3v) is 6.12. The van der Waals surface area contributed by atoms with Gasteiger partial charge in [-0.2, -0.15) is 0 Å². The maximum absolute atomic E-state index is 13.7. The molecule has 4 rings (SSSR count). The Kier molecular flexibility index (Phi) is 6.26. The van der Waals surface area contributed by atoms with Crippen LogP contribution in [0, 0.1) is 13.8 Å². The topological polar surface area (TPSA) is 44.9 Å². The summed E-state index contributed by atoms with van der Waals surface area (Å²) in [7, 11) is 0. The van der Waals surface area contributed by atoms with E-state index in [1.165, 1.54) is 0 Å². The SMILES string of the molecule is Cc1ccc(C[C@@H](C)N[C@H](C(=O)c2c[nH]c3c(C)cccc23)c2ccccc2)c(Cl)c1. The zero-order valence-electron chi connectivity index (χ0n) is 18.1. The lowest BCUT2D eigenvalue weighted by Crippen LogP contribution is -2.36. The second kappa shape index (κ2) is 9.09. The van der Waals surface area contributed by atoms with Crippen molar-refractivity contribution >= 4 is 28.3 Å². The van der Waals surface area contributed by atoms with Crippen LogP contribution in [0.25, 0.3) is 10.9 Å². The normalized spacial score (nSPS) is 13.3. The van der Waals surface area contributed by atoms with Crippen molar-refractivity contribution in [2.24, 2.45) is 0 Å². The zero-order valence-corrected chi connectivity index (χ0v) is 18.8. The van der Waals surface area contributed by atoms with E-state index in [0.717, 1.165) is 44.6 Å². The minimum absolute atomic E-state index is 0.0568. The van der Waals surface area contributed by atoms with Crippen LogP contribution in [0.5, 0.6) is 0 Å². The molecule has 0 radical (unpaired) electrons. The monoisotopic (exact) mass is 430 g/mol. The number of carbonyl (C=O) groups excluding carboxylic acids is 1. The van der Waals surface area contributed by atoms with Crippen LogP contribution in [0.2, 0.25) is 5.02 Å². The van der Waals surface area contributed by atoms with Crippen LogP contribution in [0.4, 0.5) is 0 Å². The van der Waals surface area contributed by atoms with Crippen LogP contribution in [0.3, 0.4) is 0 Å². The number of benzene rings is 3. The maximum atomic E-state index is 13.7. The van der Waals surface area contributed by atoms with Gasteiger partial charge in [0.2, 0.25) is 0 Å². The van der Waals surface area contributed by atoms with Gasteiger partial charge in [0.1, 0.15) is 0 Å². The molecule has 1 aromatic heterocycles. The predicted octanol–water partition coefficient (Wildman–Crippen LogP) is 6.58. The molecule has 0 aliphatic carbocycles. The number of hydrogen-bond acceptors (Lipinski definition) is 2. The van der Waals surface area contributed by atoms with Gasteiger partial charge in [-0.25, -0.2) is 0 Å². The number of para-hydroxylation sites is 1. The van der Waals surface area contributed by atoms with Crippen molar-refractivity contribution in [3.63, 3.8) is 0 Å². The van der Waals surface area contributed by atoms with E-state index in [1.54, 1.807) is 0 Å². The van der Waals surface area contributed by atoms with Gasteiger partial charge in [-0.05, 0) is 55.5 Å². The second-order valence-corrected chi connectivity index (χ2v) is 8.68. The Morgan fingerprint density at radius 1 is 1.03 bits per heavy atom. The van der Waals surface area contributed by atoms with Gasteiger partial charge >= 0.3 is 0 Å². The van der Waals surface area contributed by atoms with E-state index in [0.29, 0.717) is 5.56 Å². The van der Waals surface area contributed by atoms with Gasteiger partial charge < -0.3 is 10.3 Å². The average molecular weight is 431 g/mol. The zero-order chi connectivity index (χ0) is 22.0. The summed E-state index contributed by atoms with van der Waals surface area (Å²) in [6.45, 7) is 6.18. The number of aromatic nitrogens is 1. The Morgan fingerprint density at radius 2 is 1.81 bits per heavy atom. The third kappa shape index (κ3) is 4.58. The minimum atomic E-state index is -0.445. The number of fused-ring (bicyclic) bond motifs is 1. The molecule has 0 saturated carbocycles. The number of nitrogens with one attached hydrogen (secondary N) is 2. The standard InChI is InChI=1S/C27H27ClN2O/c1-17-12-13-21(24(28)14-17)15-19(3)30-26(20-9-5-4-6-10-20)27(31)23-16-29-25-18(2)8-7-11-22(23)25/h4-14,16,19,26,29-30H,15H2,1-3H3/t19-,26+/m1/s1. The van der Waals surface area contributed by atoms with Gasteiger partial charge in [0, 0.05) is 33.7 Å². The molecule has 0 bridgehead atoms. The van der Waals surface area contributed by atoms with Crippen molar-refractivity contribution in [1.29, 1.82) is 0 Å². The predicted molar refractivity (Wildman–Crippen MR) is 129 cm³/mol. The van der Waals surface area contributed by atoms with E-state index in [4.69, 9.17) is 11.6 Å². The average Bonchev–Trinajstić information content (AvgIpc) is 3.20. The number of Topliss-reactive ketones (excluding diaryl/α,β-unsaturated/α-hetero) is 1. The summed E-state index contributed by atoms with van der Waals surface area (Å²) in [4.78, 5) is 17.0. The Balaban J connectivity index is 1.64. The highest BCUT2D eigenvalue weighted by molar-refractivity contribution is 6.31. The second-order valence-electron chi connectivity index (χ2n) is 8.27. The Bertz CT molecular complexity index is 1210. The molecular weight excluding hydrogens is 404 g/mol. The summed E-state index contributed by atoms with van der Waals surface area (Å²) < 4.78 is 0.